The van der Waals surface area contributed by atoms with Gasteiger partial charge in [-0.3, -0.25) is 4.79 Å². The van der Waals surface area contributed by atoms with Crippen LogP contribution in [0.15, 0.2) is 66.7 Å². The summed E-state index contributed by atoms with van der Waals surface area (Å²) in [5.41, 5.74) is 2.24. The summed E-state index contributed by atoms with van der Waals surface area (Å²) in [6.07, 6.45) is 5.49. The van der Waals surface area contributed by atoms with Crippen molar-refractivity contribution in [1.29, 1.82) is 0 Å². The van der Waals surface area contributed by atoms with Gasteiger partial charge in [0.1, 0.15) is 6.61 Å². The van der Waals surface area contributed by atoms with Crippen LogP contribution in [0.1, 0.15) is 54.1 Å². The smallest absolute Gasteiger partial charge is 0.338 e. The summed E-state index contributed by atoms with van der Waals surface area (Å²) in [7, 11) is 0. The third-order valence-corrected chi connectivity index (χ3v) is 4.16. The van der Waals surface area contributed by atoms with Gasteiger partial charge in [0.15, 0.2) is 0 Å². The van der Waals surface area contributed by atoms with Crippen LogP contribution in [0.2, 0.25) is 0 Å². The van der Waals surface area contributed by atoms with Crippen molar-refractivity contribution in [3.05, 3.63) is 83.4 Å². The van der Waals surface area contributed by atoms with Gasteiger partial charge in [0.05, 0.1) is 18.1 Å². The molecule has 0 saturated carbocycles. The highest BCUT2D eigenvalue weighted by atomic mass is 16.5. The minimum absolute atomic E-state index is 0.159. The first-order valence-corrected chi connectivity index (χ1v) is 9.24. The average molecular weight is 366 g/mol. The molecule has 4 heteroatoms. The summed E-state index contributed by atoms with van der Waals surface area (Å²) in [6, 6.07) is 16.5. The molecule has 0 heterocycles. The van der Waals surface area contributed by atoms with Crippen molar-refractivity contribution in [2.24, 2.45) is 0 Å². The molecule has 1 atom stereocenters. The Bertz CT molecular complexity index is 765. The number of carbonyl (C=O) groups is 2. The largest absolute Gasteiger partial charge is 0.466 e. The van der Waals surface area contributed by atoms with Gasteiger partial charge in [-0.25, -0.2) is 4.79 Å². The molecule has 0 bridgehead atoms. The maximum Gasteiger partial charge on any atom is 0.338 e. The van der Waals surface area contributed by atoms with Crippen LogP contribution in [0.4, 0.5) is 0 Å². The van der Waals surface area contributed by atoms with E-state index >= 15 is 0 Å². The van der Waals surface area contributed by atoms with E-state index < -0.39 is 0 Å². The molecule has 0 aliphatic rings. The number of benzene rings is 2. The molecule has 0 aliphatic heterocycles. The molecule has 27 heavy (non-hydrogen) atoms. The van der Waals surface area contributed by atoms with Gasteiger partial charge < -0.3 is 9.47 Å². The van der Waals surface area contributed by atoms with E-state index in [0.717, 1.165) is 17.5 Å². The van der Waals surface area contributed by atoms with Crippen molar-refractivity contribution in [1.82, 2.24) is 0 Å². The quantitative estimate of drug-likeness (QED) is 0.460. The van der Waals surface area contributed by atoms with E-state index in [1.54, 1.807) is 31.2 Å². The van der Waals surface area contributed by atoms with Gasteiger partial charge in [-0.1, -0.05) is 54.6 Å². The molecule has 4 nitrogen and oxygen atoms in total. The zero-order chi connectivity index (χ0) is 19.5. The molecule has 2 aromatic rings. The lowest BCUT2D eigenvalue weighted by atomic mass is 9.93. The number of rotatable bonds is 9. The monoisotopic (exact) mass is 366 g/mol. The summed E-state index contributed by atoms with van der Waals surface area (Å²) in [6.45, 7) is 4.28. The van der Waals surface area contributed by atoms with Crippen molar-refractivity contribution in [2.75, 3.05) is 6.61 Å². The molecule has 0 saturated heterocycles. The fraction of sp³-hybridized carbons (Fsp3) is 0.304. The predicted molar refractivity (Wildman–Crippen MR) is 105 cm³/mol. The Labute approximate surface area is 160 Å². The van der Waals surface area contributed by atoms with Crippen molar-refractivity contribution in [3.8, 4) is 0 Å². The van der Waals surface area contributed by atoms with Gasteiger partial charge in [0.2, 0.25) is 0 Å². The SMILES string of the molecule is C/C=C/CCC(C(=O)OCC)c1cccc(COC(=O)c2ccccc2)c1. The first-order chi connectivity index (χ1) is 13.2. The third kappa shape index (κ3) is 6.41. The Balaban J connectivity index is 2.08. The van der Waals surface area contributed by atoms with E-state index in [1.165, 1.54) is 0 Å². The van der Waals surface area contributed by atoms with Crippen molar-refractivity contribution >= 4 is 11.9 Å². The molecule has 0 fully saturated rings. The summed E-state index contributed by atoms with van der Waals surface area (Å²) in [4.78, 5) is 24.5. The predicted octanol–water partition coefficient (Wildman–Crippen LogP) is 5.05. The molecule has 2 aromatic carbocycles. The van der Waals surface area contributed by atoms with Crippen LogP contribution in [0, 0.1) is 0 Å². The lowest BCUT2D eigenvalue weighted by molar-refractivity contribution is -0.145. The molecule has 0 aromatic heterocycles. The second-order valence-electron chi connectivity index (χ2n) is 6.14. The highest BCUT2D eigenvalue weighted by molar-refractivity contribution is 5.89. The van der Waals surface area contributed by atoms with Crippen molar-refractivity contribution < 1.29 is 19.1 Å². The normalized spacial score (nSPS) is 11.9. The van der Waals surface area contributed by atoms with E-state index in [4.69, 9.17) is 9.47 Å². The molecule has 0 N–H and O–H groups in total. The maximum atomic E-state index is 12.4. The highest BCUT2D eigenvalue weighted by Crippen LogP contribution is 2.25. The average Bonchev–Trinajstić information content (AvgIpc) is 2.70. The van der Waals surface area contributed by atoms with Crippen LogP contribution in [-0.4, -0.2) is 18.5 Å². The van der Waals surface area contributed by atoms with E-state index in [0.29, 0.717) is 18.6 Å². The van der Waals surface area contributed by atoms with Gasteiger partial charge in [-0.15, -0.1) is 0 Å². The van der Waals surface area contributed by atoms with Crippen molar-refractivity contribution in [2.45, 2.75) is 39.2 Å². The molecule has 1 unspecified atom stereocenters. The first kappa shape index (κ1) is 20.4. The topological polar surface area (TPSA) is 52.6 Å². The summed E-state index contributed by atoms with van der Waals surface area (Å²) in [5, 5.41) is 0. The van der Waals surface area contributed by atoms with E-state index in [2.05, 4.69) is 0 Å². The summed E-state index contributed by atoms with van der Waals surface area (Å²) >= 11 is 0. The third-order valence-electron chi connectivity index (χ3n) is 4.16. The fourth-order valence-corrected chi connectivity index (χ4v) is 2.80. The molecular weight excluding hydrogens is 340 g/mol. The maximum absolute atomic E-state index is 12.4. The Morgan fingerprint density at radius 1 is 1.04 bits per heavy atom. The lowest BCUT2D eigenvalue weighted by Crippen LogP contribution is -2.16. The fourth-order valence-electron chi connectivity index (χ4n) is 2.80. The number of carbonyl (C=O) groups excluding carboxylic acids is 2. The molecule has 0 radical (unpaired) electrons. The van der Waals surface area contributed by atoms with E-state index in [-0.39, 0.29) is 24.5 Å². The lowest BCUT2D eigenvalue weighted by Gasteiger charge is -2.16. The van der Waals surface area contributed by atoms with Gasteiger partial charge in [0.25, 0.3) is 0 Å². The van der Waals surface area contributed by atoms with E-state index in [9.17, 15) is 9.59 Å². The number of ether oxygens (including phenoxy) is 2. The van der Waals surface area contributed by atoms with E-state index in [1.807, 2.05) is 49.4 Å². The molecule has 0 aliphatic carbocycles. The number of hydrogen-bond donors (Lipinski definition) is 0. The first-order valence-electron chi connectivity index (χ1n) is 9.24. The Morgan fingerprint density at radius 2 is 1.81 bits per heavy atom. The Hall–Kier alpha value is -2.88. The van der Waals surface area contributed by atoms with Gasteiger partial charge >= 0.3 is 11.9 Å². The van der Waals surface area contributed by atoms with Gasteiger partial charge in [0, 0.05) is 0 Å². The minimum atomic E-state index is -0.365. The molecule has 0 spiro atoms. The van der Waals surface area contributed by atoms with Crippen LogP contribution >= 0.6 is 0 Å². The zero-order valence-electron chi connectivity index (χ0n) is 15.9. The summed E-state index contributed by atoms with van der Waals surface area (Å²) < 4.78 is 10.6. The molecule has 2 rings (SSSR count). The number of allylic oxidation sites excluding steroid dienone is 2. The van der Waals surface area contributed by atoms with Crippen LogP contribution < -0.4 is 0 Å². The van der Waals surface area contributed by atoms with Crippen LogP contribution in [-0.2, 0) is 20.9 Å². The van der Waals surface area contributed by atoms with Crippen molar-refractivity contribution in [3.63, 3.8) is 0 Å². The second-order valence-corrected chi connectivity index (χ2v) is 6.14. The Kier molecular flexibility index (Phi) is 8.30. The van der Waals surface area contributed by atoms with Crippen LogP contribution in [0.3, 0.4) is 0 Å². The summed E-state index contributed by atoms with van der Waals surface area (Å²) in [5.74, 6) is -0.914. The standard InChI is InChI=1S/C23H26O4/c1-3-5-7-15-21(23(25)26-4-2)20-14-10-11-18(16-20)17-27-22(24)19-12-8-6-9-13-19/h3,5-6,8-14,16,21H,4,7,15,17H2,1-2H3/b5-3+. The molecule has 142 valence electrons. The minimum Gasteiger partial charge on any atom is -0.466 e. The number of hydrogen-bond acceptors (Lipinski definition) is 4. The highest BCUT2D eigenvalue weighted by Gasteiger charge is 2.21. The Morgan fingerprint density at radius 3 is 2.52 bits per heavy atom. The second kappa shape index (κ2) is 11.0. The zero-order valence-corrected chi connectivity index (χ0v) is 15.9. The number of esters is 2. The van der Waals surface area contributed by atoms with Crippen LogP contribution in [0.25, 0.3) is 0 Å². The molecule has 0 amide bonds. The van der Waals surface area contributed by atoms with Gasteiger partial charge in [-0.05, 0) is 49.9 Å². The van der Waals surface area contributed by atoms with Gasteiger partial charge in [-0.2, -0.15) is 0 Å². The molecular formula is C23H26O4. The van der Waals surface area contributed by atoms with Crippen LogP contribution in [0.5, 0.6) is 0 Å².